The van der Waals surface area contributed by atoms with E-state index in [1.807, 2.05) is 32.0 Å². The van der Waals surface area contributed by atoms with Crippen molar-refractivity contribution in [3.8, 4) is 0 Å². The molecule has 1 fully saturated rings. The molecule has 1 aliphatic rings. The Hall–Kier alpha value is -1.91. The standard InChI is InChI=1S/C21H23ClFNO2/c1-3-20(25)24-21(2)12-18(14-7-6-8-15(22)11-14)26-19(13-21)16-9-4-5-10-17(16)23/h4-11,18-19H,3,12-13H2,1-2H3,(H,24,25)/t18-,19+,21-/m0/s1. The highest BCUT2D eigenvalue weighted by Gasteiger charge is 2.40. The van der Waals surface area contributed by atoms with Crippen LogP contribution in [0, 0.1) is 5.82 Å². The molecule has 2 aromatic rings. The van der Waals surface area contributed by atoms with E-state index in [9.17, 15) is 9.18 Å². The number of ether oxygens (including phenoxy) is 1. The Balaban J connectivity index is 1.95. The highest BCUT2D eigenvalue weighted by Crippen LogP contribution is 2.44. The van der Waals surface area contributed by atoms with Crippen LogP contribution in [0.3, 0.4) is 0 Å². The van der Waals surface area contributed by atoms with Crippen molar-refractivity contribution in [2.45, 2.75) is 50.9 Å². The third-order valence-corrected chi connectivity index (χ3v) is 5.07. The van der Waals surface area contributed by atoms with Gasteiger partial charge in [-0.15, -0.1) is 0 Å². The molecule has 0 spiro atoms. The number of carbonyl (C=O) groups is 1. The van der Waals surface area contributed by atoms with E-state index in [4.69, 9.17) is 16.3 Å². The summed E-state index contributed by atoms with van der Waals surface area (Å²) in [6.07, 6.45) is 0.786. The summed E-state index contributed by atoms with van der Waals surface area (Å²) in [6.45, 7) is 3.81. The molecule has 1 aliphatic heterocycles. The van der Waals surface area contributed by atoms with Crippen molar-refractivity contribution in [2.75, 3.05) is 0 Å². The van der Waals surface area contributed by atoms with Gasteiger partial charge in [-0.3, -0.25) is 4.79 Å². The van der Waals surface area contributed by atoms with Crippen LogP contribution in [-0.4, -0.2) is 11.4 Å². The largest absolute Gasteiger partial charge is 0.365 e. The van der Waals surface area contributed by atoms with Crippen molar-refractivity contribution >= 4 is 17.5 Å². The van der Waals surface area contributed by atoms with Crippen LogP contribution in [0.25, 0.3) is 0 Å². The second kappa shape index (κ2) is 7.77. The zero-order valence-electron chi connectivity index (χ0n) is 15.0. The summed E-state index contributed by atoms with van der Waals surface area (Å²) in [6, 6.07) is 14.1. The molecule has 3 rings (SSSR count). The molecule has 5 heteroatoms. The summed E-state index contributed by atoms with van der Waals surface area (Å²) < 4.78 is 20.6. The van der Waals surface area contributed by atoms with Gasteiger partial charge in [-0.05, 0) is 30.7 Å². The van der Waals surface area contributed by atoms with Crippen LogP contribution in [0.5, 0.6) is 0 Å². The van der Waals surface area contributed by atoms with E-state index in [2.05, 4.69) is 5.32 Å². The van der Waals surface area contributed by atoms with Crippen LogP contribution < -0.4 is 5.32 Å². The van der Waals surface area contributed by atoms with Crippen LogP contribution in [0.2, 0.25) is 5.02 Å². The molecule has 0 aliphatic carbocycles. The maximum atomic E-state index is 14.4. The maximum Gasteiger partial charge on any atom is 0.220 e. The third kappa shape index (κ3) is 4.25. The molecule has 1 amide bonds. The summed E-state index contributed by atoms with van der Waals surface area (Å²) >= 11 is 6.14. The van der Waals surface area contributed by atoms with Gasteiger partial charge < -0.3 is 10.1 Å². The smallest absolute Gasteiger partial charge is 0.220 e. The second-order valence-electron chi connectivity index (χ2n) is 7.06. The highest BCUT2D eigenvalue weighted by atomic mass is 35.5. The molecule has 26 heavy (non-hydrogen) atoms. The summed E-state index contributed by atoms with van der Waals surface area (Å²) in [5.74, 6) is -0.320. The van der Waals surface area contributed by atoms with Crippen LogP contribution >= 0.6 is 11.6 Å². The molecule has 0 saturated carbocycles. The van der Waals surface area contributed by atoms with Gasteiger partial charge in [0.1, 0.15) is 5.82 Å². The molecule has 1 heterocycles. The number of amides is 1. The van der Waals surface area contributed by atoms with Gasteiger partial charge in [0.05, 0.1) is 12.2 Å². The first-order chi connectivity index (χ1) is 12.4. The molecule has 3 nitrogen and oxygen atoms in total. The number of hydrogen-bond acceptors (Lipinski definition) is 2. The van der Waals surface area contributed by atoms with Gasteiger partial charge in [-0.1, -0.05) is 48.9 Å². The Morgan fingerprint density at radius 2 is 1.96 bits per heavy atom. The van der Waals surface area contributed by atoms with E-state index in [1.54, 1.807) is 24.3 Å². The maximum absolute atomic E-state index is 14.4. The summed E-state index contributed by atoms with van der Waals surface area (Å²) in [5, 5.41) is 3.73. The van der Waals surface area contributed by atoms with E-state index < -0.39 is 11.6 Å². The average molecular weight is 376 g/mol. The Bertz CT molecular complexity index is 797. The summed E-state index contributed by atoms with van der Waals surface area (Å²) in [7, 11) is 0. The van der Waals surface area contributed by atoms with Gasteiger partial charge in [0.25, 0.3) is 0 Å². The number of hydrogen-bond donors (Lipinski definition) is 1. The van der Waals surface area contributed by atoms with E-state index in [-0.39, 0.29) is 17.8 Å². The molecule has 1 N–H and O–H groups in total. The van der Waals surface area contributed by atoms with Crippen molar-refractivity contribution < 1.29 is 13.9 Å². The van der Waals surface area contributed by atoms with E-state index in [0.29, 0.717) is 29.8 Å². The normalized spacial score (nSPS) is 25.7. The molecule has 0 aromatic heterocycles. The molecular formula is C21H23ClFNO2. The van der Waals surface area contributed by atoms with Gasteiger partial charge in [-0.25, -0.2) is 4.39 Å². The quantitative estimate of drug-likeness (QED) is 0.781. The minimum Gasteiger partial charge on any atom is -0.365 e. The molecule has 1 saturated heterocycles. The van der Waals surface area contributed by atoms with Crippen molar-refractivity contribution in [3.63, 3.8) is 0 Å². The first-order valence-corrected chi connectivity index (χ1v) is 9.24. The molecular weight excluding hydrogens is 353 g/mol. The van der Waals surface area contributed by atoms with Crippen LogP contribution in [0.1, 0.15) is 56.4 Å². The SMILES string of the molecule is CCC(=O)N[C@@]1(C)C[C@@H](c2cccc(Cl)c2)O[C@@H](c2ccccc2F)C1. The Labute approximate surface area is 158 Å². The summed E-state index contributed by atoms with van der Waals surface area (Å²) in [5.41, 5.74) is 0.942. The Kier molecular flexibility index (Phi) is 5.64. The van der Waals surface area contributed by atoms with Crippen molar-refractivity contribution in [1.82, 2.24) is 5.32 Å². The van der Waals surface area contributed by atoms with Gasteiger partial charge in [0.15, 0.2) is 0 Å². The van der Waals surface area contributed by atoms with Crippen LogP contribution in [0.4, 0.5) is 4.39 Å². The fourth-order valence-corrected chi connectivity index (χ4v) is 3.74. The predicted octanol–water partition coefficient (Wildman–Crippen LogP) is 5.36. The third-order valence-electron chi connectivity index (χ3n) is 4.84. The molecule has 3 atom stereocenters. The van der Waals surface area contributed by atoms with Gasteiger partial charge >= 0.3 is 0 Å². The minimum absolute atomic E-state index is 0.0217. The van der Waals surface area contributed by atoms with Crippen LogP contribution in [-0.2, 0) is 9.53 Å². The lowest BCUT2D eigenvalue weighted by Crippen LogP contribution is -2.50. The van der Waals surface area contributed by atoms with Crippen molar-refractivity contribution in [2.24, 2.45) is 0 Å². The lowest BCUT2D eigenvalue weighted by Gasteiger charge is -2.43. The molecule has 0 unspecified atom stereocenters. The highest BCUT2D eigenvalue weighted by molar-refractivity contribution is 6.30. The zero-order chi connectivity index (χ0) is 18.7. The molecule has 2 aromatic carbocycles. The first kappa shape index (κ1) is 18.9. The Morgan fingerprint density at radius 1 is 1.23 bits per heavy atom. The molecule has 0 bridgehead atoms. The van der Waals surface area contributed by atoms with Gasteiger partial charge in [-0.2, -0.15) is 0 Å². The number of nitrogens with one attached hydrogen (secondary N) is 1. The van der Waals surface area contributed by atoms with Crippen LogP contribution in [0.15, 0.2) is 48.5 Å². The minimum atomic E-state index is -0.495. The van der Waals surface area contributed by atoms with Crippen molar-refractivity contribution in [3.05, 3.63) is 70.5 Å². The number of carbonyl (C=O) groups excluding carboxylic acids is 1. The van der Waals surface area contributed by atoms with E-state index >= 15 is 0 Å². The van der Waals surface area contributed by atoms with E-state index in [0.717, 1.165) is 5.56 Å². The Morgan fingerprint density at radius 3 is 2.65 bits per heavy atom. The fraction of sp³-hybridized carbons (Fsp3) is 0.381. The average Bonchev–Trinajstić information content (AvgIpc) is 2.61. The van der Waals surface area contributed by atoms with Gasteiger partial charge in [0, 0.05) is 35.4 Å². The lowest BCUT2D eigenvalue weighted by molar-refractivity contribution is -0.128. The number of halogens is 2. The van der Waals surface area contributed by atoms with Crippen molar-refractivity contribution in [1.29, 1.82) is 0 Å². The lowest BCUT2D eigenvalue weighted by atomic mass is 9.81. The predicted molar refractivity (Wildman–Crippen MR) is 100 cm³/mol. The van der Waals surface area contributed by atoms with E-state index in [1.165, 1.54) is 6.07 Å². The molecule has 0 radical (unpaired) electrons. The second-order valence-corrected chi connectivity index (χ2v) is 7.50. The first-order valence-electron chi connectivity index (χ1n) is 8.86. The monoisotopic (exact) mass is 375 g/mol. The number of rotatable bonds is 4. The fourth-order valence-electron chi connectivity index (χ4n) is 3.55. The van der Waals surface area contributed by atoms with Gasteiger partial charge in [0.2, 0.25) is 5.91 Å². The zero-order valence-corrected chi connectivity index (χ0v) is 15.7. The topological polar surface area (TPSA) is 38.3 Å². The number of benzene rings is 2. The molecule has 138 valence electrons. The summed E-state index contributed by atoms with van der Waals surface area (Å²) in [4.78, 5) is 12.0.